The monoisotopic (exact) mass is 400 g/mol. The first-order valence-electron chi connectivity index (χ1n) is 8.33. The molecule has 0 spiro atoms. The molecule has 0 bridgehead atoms. The van der Waals surface area contributed by atoms with Gasteiger partial charge in [-0.1, -0.05) is 29.8 Å². The first kappa shape index (κ1) is 17.7. The number of carbonyl (C=O) groups is 2. The first-order valence-corrected chi connectivity index (χ1v) is 9.12. The van der Waals surface area contributed by atoms with E-state index in [-0.39, 0.29) is 11.8 Å². The Morgan fingerprint density at radius 1 is 1.16 bits per heavy atom. The molecule has 1 heterocycles. The molecule has 1 aliphatic rings. The summed E-state index contributed by atoms with van der Waals surface area (Å²) < 4.78 is 0.856. The summed E-state index contributed by atoms with van der Waals surface area (Å²) in [5.41, 5.74) is 4.80. The van der Waals surface area contributed by atoms with Crippen LogP contribution in [-0.2, 0) is 9.59 Å². The fraction of sp³-hybridized carbons (Fsp3) is 0.300. The lowest BCUT2D eigenvalue weighted by atomic mass is 10.0. The second-order valence-electron chi connectivity index (χ2n) is 6.55. The molecule has 4 nitrogen and oxygen atoms in total. The van der Waals surface area contributed by atoms with E-state index in [0.717, 1.165) is 32.5 Å². The molecule has 25 heavy (non-hydrogen) atoms. The quantitative estimate of drug-likeness (QED) is 0.777. The molecule has 1 aliphatic heterocycles. The summed E-state index contributed by atoms with van der Waals surface area (Å²) in [6.07, 6.45) is 0.524. The lowest BCUT2D eigenvalue weighted by Crippen LogP contribution is -2.33. The summed E-state index contributed by atoms with van der Waals surface area (Å²) in [5.74, 6) is -1.02. The highest BCUT2D eigenvalue weighted by Crippen LogP contribution is 2.32. The molecule has 1 saturated heterocycles. The van der Waals surface area contributed by atoms with Gasteiger partial charge >= 0.3 is 0 Å². The maximum Gasteiger partial charge on any atom is 0.239 e. The molecule has 2 aromatic carbocycles. The van der Waals surface area contributed by atoms with E-state index in [1.54, 1.807) is 4.90 Å². The van der Waals surface area contributed by atoms with Gasteiger partial charge in [-0.15, -0.1) is 0 Å². The number of hydrogen-bond donors (Lipinski definition) is 1. The van der Waals surface area contributed by atoms with Crippen LogP contribution >= 0.6 is 15.9 Å². The molecule has 0 aliphatic carbocycles. The minimum Gasteiger partial charge on any atom is -0.325 e. The minimum absolute atomic E-state index is 0.146. The number of amides is 2. The predicted octanol–water partition coefficient (Wildman–Crippen LogP) is 4.37. The highest BCUT2D eigenvalue weighted by atomic mass is 79.9. The Kier molecular flexibility index (Phi) is 4.95. The van der Waals surface area contributed by atoms with E-state index in [1.165, 1.54) is 0 Å². The summed E-state index contributed by atoms with van der Waals surface area (Å²) in [6.45, 7) is 6.52. The topological polar surface area (TPSA) is 49.4 Å². The van der Waals surface area contributed by atoms with Gasteiger partial charge in [0.2, 0.25) is 11.8 Å². The van der Waals surface area contributed by atoms with Crippen molar-refractivity contribution in [2.75, 3.05) is 16.8 Å². The molecule has 1 fully saturated rings. The molecule has 1 N–H and O–H groups in total. The SMILES string of the molecule is Cc1cc(C)c(NC(=O)C2CCN(c3ccccc3Br)C2=O)c(C)c1. The van der Waals surface area contributed by atoms with Crippen molar-refractivity contribution in [1.82, 2.24) is 0 Å². The number of nitrogens with zero attached hydrogens (tertiary/aromatic N) is 1. The molecular formula is C20H21BrN2O2. The van der Waals surface area contributed by atoms with Crippen molar-refractivity contribution >= 4 is 39.1 Å². The fourth-order valence-corrected chi connectivity index (χ4v) is 3.92. The van der Waals surface area contributed by atoms with Crippen LogP contribution < -0.4 is 10.2 Å². The van der Waals surface area contributed by atoms with Crippen LogP contribution in [-0.4, -0.2) is 18.4 Å². The summed E-state index contributed by atoms with van der Waals surface area (Å²) in [6, 6.07) is 11.6. The van der Waals surface area contributed by atoms with Crippen LogP contribution in [0.15, 0.2) is 40.9 Å². The lowest BCUT2D eigenvalue weighted by Gasteiger charge is -2.19. The van der Waals surface area contributed by atoms with E-state index in [2.05, 4.69) is 21.2 Å². The second kappa shape index (κ2) is 7.00. The third-order valence-corrected chi connectivity index (χ3v) is 5.26. The number of rotatable bonds is 3. The van der Waals surface area contributed by atoms with Crippen LogP contribution in [0.3, 0.4) is 0 Å². The van der Waals surface area contributed by atoms with E-state index in [9.17, 15) is 9.59 Å². The van der Waals surface area contributed by atoms with E-state index in [0.29, 0.717) is 13.0 Å². The largest absolute Gasteiger partial charge is 0.325 e. The van der Waals surface area contributed by atoms with Gasteiger partial charge < -0.3 is 10.2 Å². The van der Waals surface area contributed by atoms with Crippen molar-refractivity contribution in [3.63, 3.8) is 0 Å². The summed E-state index contributed by atoms with van der Waals surface area (Å²) >= 11 is 3.48. The molecular weight excluding hydrogens is 380 g/mol. The van der Waals surface area contributed by atoms with Crippen LogP contribution in [0.25, 0.3) is 0 Å². The van der Waals surface area contributed by atoms with Crippen molar-refractivity contribution < 1.29 is 9.59 Å². The van der Waals surface area contributed by atoms with Gasteiger partial charge in [0.05, 0.1) is 5.69 Å². The lowest BCUT2D eigenvalue weighted by molar-refractivity contribution is -0.129. The number of halogens is 1. The fourth-order valence-electron chi connectivity index (χ4n) is 3.42. The number of para-hydroxylation sites is 1. The van der Waals surface area contributed by atoms with Gasteiger partial charge in [-0.2, -0.15) is 0 Å². The van der Waals surface area contributed by atoms with Gasteiger partial charge in [-0.3, -0.25) is 9.59 Å². The minimum atomic E-state index is -0.646. The van der Waals surface area contributed by atoms with Crippen molar-refractivity contribution in [3.8, 4) is 0 Å². The molecule has 5 heteroatoms. The van der Waals surface area contributed by atoms with E-state index in [4.69, 9.17) is 0 Å². The van der Waals surface area contributed by atoms with Crippen LogP contribution in [0.5, 0.6) is 0 Å². The van der Waals surface area contributed by atoms with Crippen molar-refractivity contribution in [2.24, 2.45) is 5.92 Å². The standard InChI is InChI=1S/C20H21BrN2O2/c1-12-10-13(2)18(14(3)11-12)22-19(24)15-8-9-23(20(15)25)17-7-5-4-6-16(17)21/h4-7,10-11,15H,8-9H2,1-3H3,(H,22,24). The third-order valence-electron chi connectivity index (χ3n) is 4.59. The number of benzene rings is 2. The number of aryl methyl sites for hydroxylation is 3. The maximum absolute atomic E-state index is 12.8. The Bertz CT molecular complexity index is 824. The first-order chi connectivity index (χ1) is 11.9. The average Bonchev–Trinajstić information content (AvgIpc) is 2.93. The van der Waals surface area contributed by atoms with E-state index >= 15 is 0 Å². The van der Waals surface area contributed by atoms with Crippen LogP contribution in [0.1, 0.15) is 23.1 Å². The Morgan fingerprint density at radius 3 is 2.44 bits per heavy atom. The Labute approximate surface area is 156 Å². The van der Waals surface area contributed by atoms with Crippen molar-refractivity contribution in [2.45, 2.75) is 27.2 Å². The van der Waals surface area contributed by atoms with Gasteiger partial charge in [0.25, 0.3) is 0 Å². The second-order valence-corrected chi connectivity index (χ2v) is 7.40. The molecule has 2 aromatic rings. The molecule has 0 saturated carbocycles. The molecule has 130 valence electrons. The van der Waals surface area contributed by atoms with Crippen LogP contribution in [0, 0.1) is 26.7 Å². The van der Waals surface area contributed by atoms with Gasteiger partial charge in [0, 0.05) is 16.7 Å². The maximum atomic E-state index is 12.8. The molecule has 3 rings (SSSR count). The van der Waals surface area contributed by atoms with Gasteiger partial charge in [-0.25, -0.2) is 0 Å². The normalized spacial score (nSPS) is 17.0. The summed E-state index contributed by atoms with van der Waals surface area (Å²) in [4.78, 5) is 27.1. The number of hydrogen-bond acceptors (Lipinski definition) is 2. The molecule has 0 radical (unpaired) electrons. The Morgan fingerprint density at radius 2 is 1.80 bits per heavy atom. The number of anilines is 2. The van der Waals surface area contributed by atoms with E-state index < -0.39 is 5.92 Å². The van der Waals surface area contributed by atoms with Gasteiger partial charge in [0.15, 0.2) is 0 Å². The van der Waals surface area contributed by atoms with Gasteiger partial charge in [0.1, 0.15) is 5.92 Å². The smallest absolute Gasteiger partial charge is 0.239 e. The Balaban J connectivity index is 1.79. The highest BCUT2D eigenvalue weighted by Gasteiger charge is 2.38. The third kappa shape index (κ3) is 3.47. The zero-order valence-corrected chi connectivity index (χ0v) is 16.2. The summed E-state index contributed by atoms with van der Waals surface area (Å²) in [7, 11) is 0. The van der Waals surface area contributed by atoms with Crippen LogP contribution in [0.4, 0.5) is 11.4 Å². The van der Waals surface area contributed by atoms with Gasteiger partial charge in [-0.05, 0) is 66.4 Å². The van der Waals surface area contributed by atoms with E-state index in [1.807, 2.05) is 57.2 Å². The predicted molar refractivity (Wildman–Crippen MR) is 104 cm³/mol. The zero-order chi connectivity index (χ0) is 18.1. The molecule has 1 unspecified atom stereocenters. The zero-order valence-electron chi connectivity index (χ0n) is 14.6. The number of nitrogens with one attached hydrogen (secondary N) is 1. The average molecular weight is 401 g/mol. The van der Waals surface area contributed by atoms with Crippen molar-refractivity contribution in [1.29, 1.82) is 0 Å². The summed E-state index contributed by atoms with van der Waals surface area (Å²) in [5, 5.41) is 2.97. The molecule has 0 aromatic heterocycles. The van der Waals surface area contributed by atoms with Crippen LogP contribution in [0.2, 0.25) is 0 Å². The van der Waals surface area contributed by atoms with Crippen molar-refractivity contribution in [3.05, 3.63) is 57.6 Å². The molecule has 2 amide bonds. The highest BCUT2D eigenvalue weighted by molar-refractivity contribution is 9.10. The number of carbonyl (C=O) groups excluding carboxylic acids is 2. The Hall–Kier alpha value is -2.14. The molecule has 1 atom stereocenters.